The fraction of sp³-hybridized carbons (Fsp3) is 0.364. The summed E-state index contributed by atoms with van der Waals surface area (Å²) in [5.74, 6) is -0.479. The molecule has 0 bridgehead atoms. The van der Waals surface area contributed by atoms with Crippen LogP contribution in [-0.2, 0) is 14.3 Å². The molecule has 1 aliphatic rings. The predicted octanol–water partition coefficient (Wildman–Crippen LogP) is 3.14. The van der Waals surface area contributed by atoms with E-state index in [1.165, 1.54) is 0 Å². The van der Waals surface area contributed by atoms with Crippen LogP contribution in [0.4, 0.5) is 17.1 Å². The van der Waals surface area contributed by atoms with Gasteiger partial charge >= 0.3 is 5.97 Å². The molecule has 0 aliphatic carbocycles. The summed E-state index contributed by atoms with van der Waals surface area (Å²) in [6.07, 6.45) is 0.788. The summed E-state index contributed by atoms with van der Waals surface area (Å²) in [7, 11) is 0. The van der Waals surface area contributed by atoms with Gasteiger partial charge < -0.3 is 25.0 Å². The lowest BCUT2D eigenvalue weighted by atomic mass is 10.2. The van der Waals surface area contributed by atoms with Gasteiger partial charge in [0.1, 0.15) is 0 Å². The third-order valence-electron chi connectivity index (χ3n) is 4.54. The third-order valence-corrected chi connectivity index (χ3v) is 4.54. The number of benzene rings is 2. The summed E-state index contributed by atoms with van der Waals surface area (Å²) >= 11 is 0. The van der Waals surface area contributed by atoms with Crippen molar-refractivity contribution in [2.75, 3.05) is 55.0 Å². The number of carbonyl (C=O) groups is 2. The van der Waals surface area contributed by atoms with Crippen molar-refractivity contribution in [1.29, 1.82) is 0 Å². The quantitative estimate of drug-likeness (QED) is 0.666. The van der Waals surface area contributed by atoms with Crippen LogP contribution in [0.3, 0.4) is 0 Å². The zero-order chi connectivity index (χ0) is 20.5. The van der Waals surface area contributed by atoms with Gasteiger partial charge in [-0.25, -0.2) is 4.79 Å². The highest BCUT2D eigenvalue weighted by molar-refractivity contribution is 5.94. The number of nitrogens with zero attached hydrogens (tertiary/aromatic N) is 1. The molecule has 1 heterocycles. The number of ether oxygens (including phenoxy) is 2. The van der Waals surface area contributed by atoms with Gasteiger partial charge in [-0.15, -0.1) is 0 Å². The van der Waals surface area contributed by atoms with Gasteiger partial charge in [-0.1, -0.05) is 6.92 Å². The van der Waals surface area contributed by atoms with Crippen molar-refractivity contribution in [3.63, 3.8) is 0 Å². The Bertz CT molecular complexity index is 800. The molecular formula is C22H27N3O4. The monoisotopic (exact) mass is 397 g/mol. The molecular weight excluding hydrogens is 370 g/mol. The van der Waals surface area contributed by atoms with Gasteiger partial charge in [-0.3, -0.25) is 4.79 Å². The average molecular weight is 397 g/mol. The number of amides is 1. The summed E-state index contributed by atoms with van der Waals surface area (Å²) in [6, 6.07) is 14.7. The largest absolute Gasteiger partial charge is 0.462 e. The Morgan fingerprint density at radius 3 is 2.31 bits per heavy atom. The van der Waals surface area contributed by atoms with E-state index in [0.29, 0.717) is 12.2 Å². The lowest BCUT2D eigenvalue weighted by Crippen LogP contribution is -2.36. The summed E-state index contributed by atoms with van der Waals surface area (Å²) in [5, 5.41) is 5.93. The topological polar surface area (TPSA) is 79.9 Å². The Balaban J connectivity index is 1.45. The van der Waals surface area contributed by atoms with Crippen molar-refractivity contribution in [3.8, 4) is 0 Å². The predicted molar refractivity (Wildman–Crippen MR) is 114 cm³/mol. The van der Waals surface area contributed by atoms with E-state index < -0.39 is 0 Å². The molecule has 7 nitrogen and oxygen atoms in total. The Morgan fingerprint density at radius 2 is 1.66 bits per heavy atom. The van der Waals surface area contributed by atoms with Gasteiger partial charge in [0.05, 0.1) is 31.9 Å². The molecule has 2 aromatic rings. The average Bonchev–Trinajstić information content (AvgIpc) is 2.77. The second kappa shape index (κ2) is 10.5. The van der Waals surface area contributed by atoms with Crippen LogP contribution >= 0.6 is 0 Å². The van der Waals surface area contributed by atoms with Gasteiger partial charge in [0, 0.05) is 30.2 Å². The molecule has 0 radical (unpaired) electrons. The first-order valence-electron chi connectivity index (χ1n) is 9.89. The maximum atomic E-state index is 12.2. The smallest absolute Gasteiger partial charge is 0.338 e. The minimum atomic E-state index is -0.336. The highest BCUT2D eigenvalue weighted by atomic mass is 16.5. The molecule has 0 aromatic heterocycles. The molecule has 29 heavy (non-hydrogen) atoms. The van der Waals surface area contributed by atoms with Crippen LogP contribution in [0.1, 0.15) is 23.7 Å². The minimum Gasteiger partial charge on any atom is -0.462 e. The van der Waals surface area contributed by atoms with Crippen LogP contribution in [0, 0.1) is 0 Å². The van der Waals surface area contributed by atoms with Crippen LogP contribution in [0.15, 0.2) is 48.5 Å². The van der Waals surface area contributed by atoms with Gasteiger partial charge in [0.15, 0.2) is 0 Å². The van der Waals surface area contributed by atoms with Crippen LogP contribution < -0.4 is 15.5 Å². The van der Waals surface area contributed by atoms with E-state index in [2.05, 4.69) is 15.5 Å². The van der Waals surface area contributed by atoms with Crippen molar-refractivity contribution in [2.45, 2.75) is 13.3 Å². The Labute approximate surface area is 171 Å². The van der Waals surface area contributed by atoms with Gasteiger partial charge in [-0.2, -0.15) is 0 Å². The molecule has 0 atom stereocenters. The highest BCUT2D eigenvalue weighted by Crippen LogP contribution is 2.19. The fourth-order valence-corrected chi connectivity index (χ4v) is 2.97. The zero-order valence-electron chi connectivity index (χ0n) is 16.6. The molecule has 1 aliphatic heterocycles. The number of esters is 1. The molecule has 0 saturated carbocycles. The molecule has 2 N–H and O–H groups in total. The molecule has 3 rings (SSSR count). The molecule has 0 spiro atoms. The first-order valence-corrected chi connectivity index (χ1v) is 9.89. The molecule has 1 saturated heterocycles. The fourth-order valence-electron chi connectivity index (χ4n) is 2.97. The molecule has 2 aromatic carbocycles. The lowest BCUT2D eigenvalue weighted by molar-refractivity contribution is -0.114. The number of hydrogen-bond acceptors (Lipinski definition) is 6. The number of morpholine rings is 1. The first-order chi connectivity index (χ1) is 14.2. The second-order valence-electron chi connectivity index (χ2n) is 6.76. The maximum Gasteiger partial charge on any atom is 0.338 e. The first kappa shape index (κ1) is 20.7. The van der Waals surface area contributed by atoms with E-state index in [1.807, 2.05) is 31.2 Å². The number of rotatable bonds is 8. The van der Waals surface area contributed by atoms with Crippen molar-refractivity contribution in [3.05, 3.63) is 54.1 Å². The lowest BCUT2D eigenvalue weighted by Gasteiger charge is -2.28. The molecule has 7 heteroatoms. The van der Waals surface area contributed by atoms with E-state index >= 15 is 0 Å². The van der Waals surface area contributed by atoms with E-state index in [4.69, 9.17) is 9.47 Å². The van der Waals surface area contributed by atoms with E-state index in [1.54, 1.807) is 24.3 Å². The van der Waals surface area contributed by atoms with E-state index in [-0.39, 0.29) is 18.4 Å². The maximum absolute atomic E-state index is 12.2. The minimum absolute atomic E-state index is 0.130. The van der Waals surface area contributed by atoms with Crippen molar-refractivity contribution in [1.82, 2.24) is 0 Å². The molecule has 1 amide bonds. The normalized spacial score (nSPS) is 13.6. The van der Waals surface area contributed by atoms with Gasteiger partial charge in [0.2, 0.25) is 5.91 Å². The van der Waals surface area contributed by atoms with E-state index in [0.717, 1.165) is 49.8 Å². The number of carbonyl (C=O) groups excluding carboxylic acids is 2. The Kier molecular flexibility index (Phi) is 7.47. The standard InChI is InChI=1S/C22H27N3O4/c1-2-13-29-22(27)17-3-5-18(6-4-17)23-16-21(26)24-19-7-9-20(10-8-19)25-11-14-28-15-12-25/h3-10,23H,2,11-16H2,1H3,(H,24,26). The number of nitrogens with one attached hydrogen (secondary N) is 2. The van der Waals surface area contributed by atoms with Crippen LogP contribution in [-0.4, -0.2) is 51.3 Å². The Hall–Kier alpha value is -3.06. The summed E-state index contributed by atoms with van der Waals surface area (Å²) < 4.78 is 10.5. The van der Waals surface area contributed by atoms with Crippen LogP contribution in [0.2, 0.25) is 0 Å². The van der Waals surface area contributed by atoms with Crippen LogP contribution in [0.5, 0.6) is 0 Å². The Morgan fingerprint density at radius 1 is 1.00 bits per heavy atom. The van der Waals surface area contributed by atoms with Crippen molar-refractivity contribution in [2.24, 2.45) is 0 Å². The second-order valence-corrected chi connectivity index (χ2v) is 6.76. The summed E-state index contributed by atoms with van der Waals surface area (Å²) in [5.41, 5.74) is 3.13. The number of anilines is 3. The summed E-state index contributed by atoms with van der Waals surface area (Å²) in [4.78, 5) is 26.2. The van der Waals surface area contributed by atoms with Gasteiger partial charge in [-0.05, 0) is 55.0 Å². The number of hydrogen-bond donors (Lipinski definition) is 2. The zero-order valence-corrected chi connectivity index (χ0v) is 16.6. The van der Waals surface area contributed by atoms with Crippen molar-refractivity contribution < 1.29 is 19.1 Å². The van der Waals surface area contributed by atoms with Crippen LogP contribution in [0.25, 0.3) is 0 Å². The molecule has 1 fully saturated rings. The molecule has 0 unspecified atom stereocenters. The molecule has 154 valence electrons. The highest BCUT2D eigenvalue weighted by Gasteiger charge is 2.11. The third kappa shape index (κ3) is 6.22. The van der Waals surface area contributed by atoms with Gasteiger partial charge in [0.25, 0.3) is 0 Å². The van der Waals surface area contributed by atoms with Crippen molar-refractivity contribution >= 4 is 28.9 Å². The SMILES string of the molecule is CCCOC(=O)c1ccc(NCC(=O)Nc2ccc(N3CCOCC3)cc2)cc1. The van der Waals surface area contributed by atoms with E-state index in [9.17, 15) is 9.59 Å². The summed E-state index contributed by atoms with van der Waals surface area (Å²) in [6.45, 7) is 5.73.